The summed E-state index contributed by atoms with van der Waals surface area (Å²) in [6.07, 6.45) is 6.00. The molecule has 0 radical (unpaired) electrons. The van der Waals surface area contributed by atoms with Crippen LogP contribution in [-0.2, 0) is 14.3 Å². The van der Waals surface area contributed by atoms with Crippen molar-refractivity contribution in [2.45, 2.75) is 43.9 Å². The molecule has 2 heterocycles. The third-order valence-electron chi connectivity index (χ3n) is 2.81. The van der Waals surface area contributed by atoms with Crippen molar-refractivity contribution in [3.63, 3.8) is 0 Å². The second kappa shape index (κ2) is 2.93. The van der Waals surface area contributed by atoms with Gasteiger partial charge >= 0.3 is 0 Å². The highest BCUT2D eigenvalue weighted by Crippen LogP contribution is 2.37. The zero-order chi connectivity index (χ0) is 9.53. The molecule has 0 aromatic rings. The van der Waals surface area contributed by atoms with Crippen molar-refractivity contribution in [1.82, 2.24) is 5.32 Å². The molecule has 0 aromatic carbocycles. The maximum absolute atomic E-state index is 11.0. The minimum atomic E-state index is -3.33. The topological polar surface area (TPSA) is 55.4 Å². The largest absolute Gasteiger partial charge is 0.286 e. The molecule has 0 aliphatic carbocycles. The molecule has 1 N–H and O–H groups in total. The van der Waals surface area contributed by atoms with Crippen LogP contribution in [0.1, 0.15) is 32.1 Å². The lowest BCUT2D eigenvalue weighted by atomic mass is 10.0. The highest BCUT2D eigenvalue weighted by molar-refractivity contribution is 7.86. The van der Waals surface area contributed by atoms with Crippen molar-refractivity contribution in [3.05, 3.63) is 0 Å². The zero-order valence-electron chi connectivity index (χ0n) is 7.75. The number of hydrogen-bond donors (Lipinski definition) is 1. The van der Waals surface area contributed by atoms with Gasteiger partial charge in [-0.1, -0.05) is 0 Å². The fourth-order valence-corrected chi connectivity index (χ4v) is 3.16. The summed E-state index contributed by atoms with van der Waals surface area (Å²) in [5.74, 6) is 0. The van der Waals surface area contributed by atoms with Crippen LogP contribution in [0.2, 0.25) is 0 Å². The van der Waals surface area contributed by atoms with Gasteiger partial charge in [0, 0.05) is 6.04 Å². The van der Waals surface area contributed by atoms with Gasteiger partial charge in [-0.05, 0) is 32.1 Å². The van der Waals surface area contributed by atoms with Crippen molar-refractivity contribution >= 4 is 10.1 Å². The number of rotatable bonds is 2. The van der Waals surface area contributed by atoms with Crippen molar-refractivity contribution in [2.75, 3.05) is 6.26 Å². The molecular formula is C8H15NO3S. The third-order valence-corrected chi connectivity index (χ3v) is 3.43. The molecule has 0 saturated carbocycles. The van der Waals surface area contributed by atoms with E-state index in [0.717, 1.165) is 38.4 Å². The van der Waals surface area contributed by atoms with Crippen LogP contribution in [-0.4, -0.2) is 26.4 Å². The summed E-state index contributed by atoms with van der Waals surface area (Å²) < 4.78 is 27.2. The fourth-order valence-electron chi connectivity index (χ4n) is 2.37. The van der Waals surface area contributed by atoms with E-state index in [-0.39, 0.29) is 0 Å². The molecule has 0 aromatic heterocycles. The molecule has 13 heavy (non-hydrogen) atoms. The number of hydrogen-bond acceptors (Lipinski definition) is 4. The fraction of sp³-hybridized carbons (Fsp3) is 1.00. The summed E-state index contributed by atoms with van der Waals surface area (Å²) in [6.45, 7) is 0. The Hall–Kier alpha value is -0.130. The van der Waals surface area contributed by atoms with Crippen LogP contribution in [0.4, 0.5) is 0 Å². The molecule has 2 fully saturated rings. The first kappa shape index (κ1) is 9.43. The van der Waals surface area contributed by atoms with Crippen LogP contribution < -0.4 is 5.32 Å². The van der Waals surface area contributed by atoms with E-state index in [4.69, 9.17) is 4.18 Å². The van der Waals surface area contributed by atoms with Crippen LogP contribution in [0, 0.1) is 0 Å². The predicted octanol–water partition coefficient (Wildman–Crippen LogP) is 0.595. The Labute approximate surface area is 78.8 Å². The lowest BCUT2D eigenvalue weighted by Crippen LogP contribution is -2.49. The number of nitrogens with one attached hydrogen (secondary N) is 1. The van der Waals surface area contributed by atoms with Gasteiger partial charge in [0.15, 0.2) is 0 Å². The standard InChI is InChI=1S/C8H15NO3S/c1-13(10,11)12-8-5-2-3-7(9-8)4-6-8/h7,9H,2-6H2,1H3. The second-order valence-corrected chi connectivity index (χ2v) is 5.63. The second-order valence-electron chi connectivity index (χ2n) is 4.05. The Morgan fingerprint density at radius 1 is 1.38 bits per heavy atom. The highest BCUT2D eigenvalue weighted by Gasteiger charge is 2.44. The summed E-state index contributed by atoms with van der Waals surface area (Å²) >= 11 is 0. The summed E-state index contributed by atoms with van der Waals surface area (Å²) in [7, 11) is -3.33. The molecule has 2 saturated heterocycles. The number of piperidine rings is 1. The lowest BCUT2D eigenvalue weighted by molar-refractivity contribution is 0.0315. The summed E-state index contributed by atoms with van der Waals surface area (Å²) in [6, 6.07) is 0.468. The Morgan fingerprint density at radius 2 is 2.15 bits per heavy atom. The Bertz CT molecular complexity index is 297. The minimum Gasteiger partial charge on any atom is -0.286 e. The molecule has 2 unspecified atom stereocenters. The zero-order valence-corrected chi connectivity index (χ0v) is 8.56. The molecule has 2 bridgehead atoms. The van der Waals surface area contributed by atoms with Crippen LogP contribution in [0.5, 0.6) is 0 Å². The molecule has 0 amide bonds. The van der Waals surface area contributed by atoms with Crippen molar-refractivity contribution < 1.29 is 12.6 Å². The van der Waals surface area contributed by atoms with E-state index in [0.29, 0.717) is 6.04 Å². The average Bonchev–Trinajstić information content (AvgIpc) is 2.23. The van der Waals surface area contributed by atoms with Crippen molar-refractivity contribution in [2.24, 2.45) is 0 Å². The molecule has 4 nitrogen and oxygen atoms in total. The van der Waals surface area contributed by atoms with E-state index in [2.05, 4.69) is 5.32 Å². The van der Waals surface area contributed by atoms with Crippen LogP contribution in [0.25, 0.3) is 0 Å². The van der Waals surface area contributed by atoms with E-state index in [9.17, 15) is 8.42 Å². The molecule has 2 aliphatic heterocycles. The van der Waals surface area contributed by atoms with E-state index in [1.807, 2.05) is 0 Å². The van der Waals surface area contributed by atoms with E-state index in [1.54, 1.807) is 0 Å². The van der Waals surface area contributed by atoms with E-state index < -0.39 is 15.8 Å². The monoisotopic (exact) mass is 205 g/mol. The van der Waals surface area contributed by atoms with Gasteiger partial charge in [-0.25, -0.2) is 4.18 Å². The SMILES string of the molecule is CS(=O)(=O)OC12CCCC(CC1)N2. The van der Waals surface area contributed by atoms with Gasteiger partial charge in [0.1, 0.15) is 5.72 Å². The van der Waals surface area contributed by atoms with Crippen molar-refractivity contribution in [1.29, 1.82) is 0 Å². The van der Waals surface area contributed by atoms with Gasteiger partial charge in [0.2, 0.25) is 0 Å². The van der Waals surface area contributed by atoms with Gasteiger partial charge in [-0.3, -0.25) is 5.32 Å². The lowest BCUT2D eigenvalue weighted by Gasteiger charge is -2.32. The van der Waals surface area contributed by atoms with Crippen molar-refractivity contribution in [3.8, 4) is 0 Å². The highest BCUT2D eigenvalue weighted by atomic mass is 32.2. The smallest absolute Gasteiger partial charge is 0.266 e. The average molecular weight is 205 g/mol. The minimum absolute atomic E-state index is 0.468. The quantitative estimate of drug-likeness (QED) is 0.670. The first-order valence-corrected chi connectivity index (χ1v) is 6.49. The van der Waals surface area contributed by atoms with E-state index in [1.165, 1.54) is 0 Å². The Morgan fingerprint density at radius 3 is 2.85 bits per heavy atom. The summed E-state index contributed by atoms with van der Waals surface area (Å²) in [5.41, 5.74) is -0.559. The summed E-state index contributed by atoms with van der Waals surface area (Å²) in [5, 5.41) is 3.26. The summed E-state index contributed by atoms with van der Waals surface area (Å²) in [4.78, 5) is 0. The molecule has 2 atom stereocenters. The maximum Gasteiger partial charge on any atom is 0.266 e. The van der Waals surface area contributed by atoms with E-state index >= 15 is 0 Å². The van der Waals surface area contributed by atoms with Gasteiger partial charge in [0.25, 0.3) is 10.1 Å². The molecule has 0 spiro atoms. The third kappa shape index (κ3) is 2.03. The maximum atomic E-state index is 11.0. The molecule has 2 aliphatic rings. The molecule has 76 valence electrons. The van der Waals surface area contributed by atoms with Gasteiger partial charge < -0.3 is 0 Å². The predicted molar refractivity (Wildman–Crippen MR) is 48.7 cm³/mol. The van der Waals surface area contributed by atoms with Crippen LogP contribution in [0.15, 0.2) is 0 Å². The van der Waals surface area contributed by atoms with Gasteiger partial charge in [-0.15, -0.1) is 0 Å². The van der Waals surface area contributed by atoms with Gasteiger partial charge in [-0.2, -0.15) is 8.42 Å². The van der Waals surface area contributed by atoms with Crippen LogP contribution >= 0.6 is 0 Å². The molecular weight excluding hydrogens is 190 g/mol. The molecule has 2 rings (SSSR count). The normalized spacial score (nSPS) is 39.3. The Kier molecular flexibility index (Phi) is 2.13. The molecule has 5 heteroatoms. The van der Waals surface area contributed by atoms with Crippen LogP contribution in [0.3, 0.4) is 0 Å². The first-order chi connectivity index (χ1) is 5.99. The number of fused-ring (bicyclic) bond motifs is 2. The first-order valence-electron chi connectivity index (χ1n) is 4.67. The Balaban J connectivity index is 2.12. The van der Waals surface area contributed by atoms with Gasteiger partial charge in [0.05, 0.1) is 6.26 Å².